The minimum absolute atomic E-state index is 0.174. The molecule has 0 spiro atoms. The molecule has 0 radical (unpaired) electrons. The van der Waals surface area contributed by atoms with Gasteiger partial charge in [0, 0.05) is 6.42 Å². The van der Waals surface area contributed by atoms with E-state index in [0.717, 1.165) is 27.1 Å². The number of fused-ring (bicyclic) bond motifs is 2. The van der Waals surface area contributed by atoms with Crippen LogP contribution in [0.25, 0.3) is 21.5 Å². The summed E-state index contributed by atoms with van der Waals surface area (Å²) in [5.41, 5.74) is 1.14. The molecule has 0 amide bonds. The van der Waals surface area contributed by atoms with Crippen molar-refractivity contribution >= 4 is 27.7 Å². The van der Waals surface area contributed by atoms with E-state index in [4.69, 9.17) is 5.11 Å². The number of ether oxygens (including phenoxy) is 1. The third-order valence-electron chi connectivity index (χ3n) is 3.46. The van der Waals surface area contributed by atoms with Gasteiger partial charge in [0.2, 0.25) is 0 Å². The Morgan fingerprint density at radius 1 is 0.950 bits per heavy atom. The summed E-state index contributed by atoms with van der Waals surface area (Å²) >= 11 is 0. The molecule has 3 heteroatoms. The lowest BCUT2D eigenvalue weighted by atomic mass is 9.95. The first-order valence-electron chi connectivity index (χ1n) is 6.51. The molecule has 0 fully saturated rings. The maximum atomic E-state index is 10.5. The normalized spacial score (nSPS) is 10.8. The number of carbonyl (C=O) groups is 1. The van der Waals surface area contributed by atoms with Crippen LogP contribution in [0.3, 0.4) is 0 Å². The van der Waals surface area contributed by atoms with Crippen LogP contribution in [0.15, 0.2) is 54.6 Å². The van der Waals surface area contributed by atoms with Gasteiger partial charge in [-0.05, 0) is 33.2 Å². The average molecular weight is 266 g/mol. The van der Waals surface area contributed by atoms with Crippen LogP contribution in [0.4, 0.5) is 4.79 Å². The maximum Gasteiger partial charge on any atom is 0.505 e. The molecular formula is C17H14O3. The molecular weight excluding hydrogens is 252 g/mol. The quantitative estimate of drug-likeness (QED) is 0.570. The van der Waals surface area contributed by atoms with Crippen LogP contribution >= 0.6 is 0 Å². The van der Waals surface area contributed by atoms with Crippen LogP contribution in [0.1, 0.15) is 5.56 Å². The number of hydrogen-bond donors (Lipinski definition) is 1. The highest BCUT2D eigenvalue weighted by Gasteiger charge is 2.08. The smallest absolute Gasteiger partial charge is 0.450 e. The van der Waals surface area contributed by atoms with Gasteiger partial charge in [-0.2, -0.15) is 0 Å². The van der Waals surface area contributed by atoms with Crippen molar-refractivity contribution in [3.63, 3.8) is 0 Å². The zero-order chi connectivity index (χ0) is 13.9. The highest BCUT2D eigenvalue weighted by Crippen LogP contribution is 2.28. The van der Waals surface area contributed by atoms with E-state index in [1.54, 1.807) is 0 Å². The van der Waals surface area contributed by atoms with Gasteiger partial charge in [0.25, 0.3) is 0 Å². The summed E-state index contributed by atoms with van der Waals surface area (Å²) in [6.07, 6.45) is -0.650. The van der Waals surface area contributed by atoms with Crippen LogP contribution in [0.2, 0.25) is 0 Å². The van der Waals surface area contributed by atoms with Crippen molar-refractivity contribution in [2.24, 2.45) is 0 Å². The highest BCUT2D eigenvalue weighted by atomic mass is 16.7. The van der Waals surface area contributed by atoms with Gasteiger partial charge in [0.15, 0.2) is 0 Å². The lowest BCUT2D eigenvalue weighted by Crippen LogP contribution is -2.05. The summed E-state index contributed by atoms with van der Waals surface area (Å²) in [5.74, 6) is 0. The van der Waals surface area contributed by atoms with Gasteiger partial charge in [-0.25, -0.2) is 4.79 Å². The van der Waals surface area contributed by atoms with E-state index in [0.29, 0.717) is 6.42 Å². The van der Waals surface area contributed by atoms with E-state index in [2.05, 4.69) is 35.1 Å². The Balaban J connectivity index is 2.15. The summed E-state index contributed by atoms with van der Waals surface area (Å²) in [6, 6.07) is 18.5. The van der Waals surface area contributed by atoms with Gasteiger partial charge in [0.05, 0.1) is 6.61 Å². The van der Waals surface area contributed by atoms with Gasteiger partial charge in [0.1, 0.15) is 0 Å². The van der Waals surface area contributed by atoms with Crippen molar-refractivity contribution < 1.29 is 14.6 Å². The Bertz CT molecular complexity index is 723. The van der Waals surface area contributed by atoms with E-state index in [9.17, 15) is 4.79 Å². The van der Waals surface area contributed by atoms with Gasteiger partial charge < -0.3 is 9.84 Å². The highest BCUT2D eigenvalue weighted by molar-refractivity contribution is 6.02. The predicted molar refractivity (Wildman–Crippen MR) is 79.1 cm³/mol. The van der Waals surface area contributed by atoms with Crippen molar-refractivity contribution in [2.75, 3.05) is 6.61 Å². The Kier molecular flexibility index (Phi) is 3.25. The van der Waals surface area contributed by atoms with E-state index in [1.165, 1.54) is 0 Å². The molecule has 0 aliphatic heterocycles. The summed E-state index contributed by atoms with van der Waals surface area (Å²) in [7, 11) is 0. The maximum absolute atomic E-state index is 10.5. The average Bonchev–Trinajstić information content (AvgIpc) is 2.46. The fraction of sp³-hybridized carbons (Fsp3) is 0.118. The molecule has 20 heavy (non-hydrogen) atoms. The van der Waals surface area contributed by atoms with E-state index in [-0.39, 0.29) is 6.61 Å². The van der Waals surface area contributed by atoms with Crippen molar-refractivity contribution in [3.8, 4) is 0 Å². The zero-order valence-corrected chi connectivity index (χ0v) is 10.9. The first-order chi connectivity index (χ1) is 9.75. The fourth-order valence-corrected chi connectivity index (χ4v) is 2.62. The molecule has 3 aromatic rings. The molecule has 3 nitrogen and oxygen atoms in total. The van der Waals surface area contributed by atoms with E-state index < -0.39 is 6.16 Å². The summed E-state index contributed by atoms with van der Waals surface area (Å²) < 4.78 is 4.66. The van der Waals surface area contributed by atoms with Crippen molar-refractivity contribution in [3.05, 3.63) is 60.2 Å². The number of rotatable bonds is 3. The molecule has 0 aliphatic rings. The summed E-state index contributed by atoms with van der Waals surface area (Å²) in [5, 5.41) is 13.2. The van der Waals surface area contributed by atoms with Crippen LogP contribution in [0, 0.1) is 0 Å². The first-order valence-corrected chi connectivity index (χ1v) is 6.51. The molecule has 0 aromatic heterocycles. The Labute approximate surface area is 116 Å². The predicted octanol–water partition coefficient (Wildman–Crippen LogP) is 4.23. The van der Waals surface area contributed by atoms with Crippen LogP contribution in [-0.2, 0) is 11.2 Å². The van der Waals surface area contributed by atoms with Gasteiger partial charge >= 0.3 is 6.16 Å². The number of carboxylic acid groups (broad SMARTS) is 1. The lowest BCUT2D eigenvalue weighted by molar-refractivity contribution is 0.0928. The summed E-state index contributed by atoms with van der Waals surface area (Å²) in [6.45, 7) is 0.174. The van der Waals surface area contributed by atoms with Crippen LogP contribution in [0.5, 0.6) is 0 Å². The topological polar surface area (TPSA) is 46.5 Å². The largest absolute Gasteiger partial charge is 0.505 e. The van der Waals surface area contributed by atoms with Gasteiger partial charge in [-0.3, -0.25) is 0 Å². The molecule has 0 atom stereocenters. The fourth-order valence-electron chi connectivity index (χ4n) is 2.62. The second-order valence-electron chi connectivity index (χ2n) is 4.66. The Morgan fingerprint density at radius 3 is 2.05 bits per heavy atom. The third-order valence-corrected chi connectivity index (χ3v) is 3.46. The number of hydrogen-bond acceptors (Lipinski definition) is 2. The SMILES string of the molecule is O=C(O)OCCc1c2ccccc2cc2ccccc12. The first kappa shape index (κ1) is 12.5. The molecule has 100 valence electrons. The van der Waals surface area contributed by atoms with Crippen LogP contribution in [-0.4, -0.2) is 17.9 Å². The second-order valence-corrected chi connectivity index (χ2v) is 4.66. The minimum Gasteiger partial charge on any atom is -0.450 e. The molecule has 1 N–H and O–H groups in total. The Hall–Kier alpha value is -2.55. The van der Waals surface area contributed by atoms with E-state index in [1.807, 2.05) is 24.3 Å². The molecule has 3 aromatic carbocycles. The van der Waals surface area contributed by atoms with E-state index >= 15 is 0 Å². The van der Waals surface area contributed by atoms with Crippen molar-refractivity contribution in [1.82, 2.24) is 0 Å². The van der Waals surface area contributed by atoms with Gasteiger partial charge in [-0.15, -0.1) is 0 Å². The van der Waals surface area contributed by atoms with Crippen molar-refractivity contribution in [1.29, 1.82) is 0 Å². The second kappa shape index (κ2) is 5.21. The number of benzene rings is 3. The molecule has 0 heterocycles. The minimum atomic E-state index is -1.23. The van der Waals surface area contributed by atoms with Gasteiger partial charge in [-0.1, -0.05) is 48.5 Å². The summed E-state index contributed by atoms with van der Waals surface area (Å²) in [4.78, 5) is 10.5. The van der Waals surface area contributed by atoms with Crippen LogP contribution < -0.4 is 0 Å². The standard InChI is InChI=1S/C17H14O3/c18-17(19)20-10-9-16-14-7-3-1-5-12(14)11-13-6-2-4-8-15(13)16/h1-8,11H,9-10H2,(H,18,19). The monoisotopic (exact) mass is 266 g/mol. The third kappa shape index (κ3) is 2.30. The molecule has 0 saturated carbocycles. The molecule has 0 unspecified atom stereocenters. The zero-order valence-electron chi connectivity index (χ0n) is 10.9. The molecule has 0 saturated heterocycles. The molecule has 0 bridgehead atoms. The van der Waals surface area contributed by atoms with Crippen molar-refractivity contribution in [2.45, 2.75) is 6.42 Å². The lowest BCUT2D eigenvalue weighted by Gasteiger charge is -2.11. The molecule has 0 aliphatic carbocycles. The molecule has 3 rings (SSSR count). The Morgan fingerprint density at radius 2 is 1.50 bits per heavy atom.